The van der Waals surface area contributed by atoms with E-state index in [4.69, 9.17) is 9.72 Å². The molecule has 5 heterocycles. The van der Waals surface area contributed by atoms with Gasteiger partial charge in [-0.15, -0.1) is 0 Å². The van der Waals surface area contributed by atoms with Gasteiger partial charge in [-0.3, -0.25) is 4.68 Å². The second kappa shape index (κ2) is 7.99. The first-order chi connectivity index (χ1) is 15.4. The summed E-state index contributed by atoms with van der Waals surface area (Å²) in [7, 11) is -0.961. The highest BCUT2D eigenvalue weighted by atomic mass is 32.2. The fraction of sp³-hybridized carbons (Fsp3) is 0.333. The van der Waals surface area contributed by atoms with Crippen molar-refractivity contribution in [3.05, 3.63) is 43.0 Å². The van der Waals surface area contributed by atoms with Crippen molar-refractivity contribution < 1.29 is 8.95 Å². The van der Waals surface area contributed by atoms with Crippen LogP contribution in [-0.2, 0) is 21.5 Å². The quantitative estimate of drug-likeness (QED) is 0.506. The van der Waals surface area contributed by atoms with E-state index in [9.17, 15) is 4.21 Å². The van der Waals surface area contributed by atoms with Gasteiger partial charge < -0.3 is 14.6 Å². The lowest BCUT2D eigenvalue weighted by molar-refractivity contribution is 0.0985. The Balaban J connectivity index is 1.69. The maximum Gasteiger partial charge on any atom is 0.168 e. The number of aromatic amines is 1. The van der Waals surface area contributed by atoms with Crippen molar-refractivity contribution in [3.8, 4) is 11.4 Å². The van der Waals surface area contributed by atoms with Crippen LogP contribution in [0.4, 0.5) is 11.6 Å². The molecule has 0 aromatic carbocycles. The first-order valence-electron chi connectivity index (χ1n) is 10.3. The van der Waals surface area contributed by atoms with Gasteiger partial charge in [0, 0.05) is 55.5 Å². The zero-order valence-corrected chi connectivity index (χ0v) is 18.9. The number of hydrogen-bond donors (Lipinski definition) is 1. The van der Waals surface area contributed by atoms with Crippen LogP contribution in [-0.4, -0.2) is 66.0 Å². The van der Waals surface area contributed by atoms with Gasteiger partial charge in [0.05, 0.1) is 40.1 Å². The fourth-order valence-electron chi connectivity index (χ4n) is 3.79. The van der Waals surface area contributed by atoms with Gasteiger partial charge in [-0.1, -0.05) is 0 Å². The molecular weight excluding hydrogens is 428 g/mol. The Morgan fingerprint density at radius 1 is 1.31 bits per heavy atom. The number of nitrogens with one attached hydrogen (secondary N) is 1. The van der Waals surface area contributed by atoms with E-state index in [1.807, 2.05) is 18.3 Å². The molecule has 166 valence electrons. The Bertz CT molecular complexity index is 1400. The summed E-state index contributed by atoms with van der Waals surface area (Å²) in [5, 5.41) is 5.04. The topological polar surface area (TPSA) is 114 Å². The molecule has 0 amide bonds. The van der Waals surface area contributed by atoms with Crippen LogP contribution in [0.1, 0.15) is 6.92 Å². The van der Waals surface area contributed by atoms with Crippen molar-refractivity contribution in [3.63, 3.8) is 0 Å². The zero-order chi connectivity index (χ0) is 22.3. The first kappa shape index (κ1) is 20.6. The van der Waals surface area contributed by atoms with Crippen molar-refractivity contribution in [1.29, 1.82) is 0 Å². The number of aryl methyl sites for hydroxylation is 1. The minimum absolute atomic E-state index is 0.147. The Kier molecular flexibility index (Phi) is 5.14. The van der Waals surface area contributed by atoms with Crippen LogP contribution in [0.15, 0.2) is 52.2 Å². The maximum atomic E-state index is 13.4. The summed E-state index contributed by atoms with van der Waals surface area (Å²) >= 11 is 0. The van der Waals surface area contributed by atoms with E-state index in [0.29, 0.717) is 36.3 Å². The highest BCUT2D eigenvalue weighted by molar-refractivity contribution is 7.93. The standard InChI is InChI=1S/C21H24N8O2S/c1-14-13-31-9-8-29(14)19-10-18(27-32(3,30)15-11-24-28(2)12-15)25-21(26-19)17-5-7-23-20-16(17)4-6-22-20/h4-7,10-12,14H,8-9,13H2,1-3H3,(H,22,23)/t14-,32?/m1/s1. The van der Waals surface area contributed by atoms with Gasteiger partial charge in [-0.05, 0) is 19.1 Å². The molecule has 0 radical (unpaired) electrons. The van der Waals surface area contributed by atoms with Crippen molar-refractivity contribution in [2.75, 3.05) is 30.9 Å². The van der Waals surface area contributed by atoms with Gasteiger partial charge in [0.15, 0.2) is 11.6 Å². The maximum absolute atomic E-state index is 13.4. The van der Waals surface area contributed by atoms with E-state index in [-0.39, 0.29) is 6.04 Å². The predicted molar refractivity (Wildman–Crippen MR) is 122 cm³/mol. The van der Waals surface area contributed by atoms with Crippen molar-refractivity contribution in [1.82, 2.24) is 29.7 Å². The largest absolute Gasteiger partial charge is 0.377 e. The van der Waals surface area contributed by atoms with E-state index in [0.717, 1.165) is 22.4 Å². The molecule has 0 saturated carbocycles. The van der Waals surface area contributed by atoms with Crippen LogP contribution < -0.4 is 4.90 Å². The summed E-state index contributed by atoms with van der Waals surface area (Å²) in [5.74, 6) is 1.60. The van der Waals surface area contributed by atoms with E-state index >= 15 is 0 Å². The lowest BCUT2D eigenvalue weighted by Crippen LogP contribution is -2.44. The van der Waals surface area contributed by atoms with Crippen molar-refractivity contribution in [2.45, 2.75) is 17.9 Å². The molecule has 1 fully saturated rings. The summed E-state index contributed by atoms with van der Waals surface area (Å²) in [4.78, 5) is 19.8. The Labute approximate surface area is 185 Å². The smallest absolute Gasteiger partial charge is 0.168 e. The van der Waals surface area contributed by atoms with Crippen LogP contribution >= 0.6 is 0 Å². The Morgan fingerprint density at radius 3 is 2.97 bits per heavy atom. The number of pyridine rings is 1. The number of ether oxygens (including phenoxy) is 1. The predicted octanol–water partition coefficient (Wildman–Crippen LogP) is 2.77. The molecule has 2 atom stereocenters. The van der Waals surface area contributed by atoms with Crippen LogP contribution in [0, 0.1) is 0 Å². The Hall–Kier alpha value is -3.31. The third-order valence-electron chi connectivity index (χ3n) is 5.45. The highest BCUT2D eigenvalue weighted by Gasteiger charge is 2.23. The molecule has 4 aromatic rings. The lowest BCUT2D eigenvalue weighted by atomic mass is 10.1. The van der Waals surface area contributed by atoms with E-state index < -0.39 is 9.73 Å². The van der Waals surface area contributed by atoms with Crippen LogP contribution in [0.25, 0.3) is 22.4 Å². The number of H-pyrrole nitrogens is 1. The lowest BCUT2D eigenvalue weighted by Gasteiger charge is -2.34. The molecule has 1 aliphatic heterocycles. The second-order valence-electron chi connectivity index (χ2n) is 7.87. The molecule has 1 N–H and O–H groups in total. The van der Waals surface area contributed by atoms with Crippen LogP contribution in [0.5, 0.6) is 0 Å². The molecule has 1 aliphatic rings. The average Bonchev–Trinajstić information content (AvgIpc) is 3.42. The van der Waals surface area contributed by atoms with Crippen molar-refractivity contribution >= 4 is 32.4 Å². The fourth-order valence-corrected chi connectivity index (χ4v) is 4.93. The van der Waals surface area contributed by atoms with Gasteiger partial charge in [-0.2, -0.15) is 9.46 Å². The number of rotatable bonds is 4. The van der Waals surface area contributed by atoms with Gasteiger partial charge >= 0.3 is 0 Å². The zero-order valence-electron chi connectivity index (χ0n) is 18.1. The van der Waals surface area contributed by atoms with Gasteiger partial charge in [0.1, 0.15) is 11.5 Å². The highest BCUT2D eigenvalue weighted by Crippen LogP contribution is 2.30. The summed E-state index contributed by atoms with van der Waals surface area (Å²) in [5.41, 5.74) is 1.59. The number of morpholine rings is 1. The summed E-state index contributed by atoms with van der Waals surface area (Å²) in [6.45, 7) is 4.03. The van der Waals surface area contributed by atoms with Crippen LogP contribution in [0.3, 0.4) is 0 Å². The molecule has 11 heteroatoms. The average molecular weight is 453 g/mol. The minimum atomic E-state index is -2.74. The normalized spacial score (nSPS) is 18.6. The molecule has 5 rings (SSSR count). The molecule has 10 nitrogen and oxygen atoms in total. The number of anilines is 1. The number of fused-ring (bicyclic) bond motifs is 1. The van der Waals surface area contributed by atoms with Gasteiger partial charge in [-0.25, -0.2) is 19.2 Å². The van der Waals surface area contributed by atoms with Crippen molar-refractivity contribution in [2.24, 2.45) is 11.4 Å². The van der Waals surface area contributed by atoms with E-state index in [1.165, 1.54) is 0 Å². The summed E-state index contributed by atoms with van der Waals surface area (Å²) < 4.78 is 25.2. The molecule has 1 unspecified atom stereocenters. The molecule has 4 aromatic heterocycles. The Morgan fingerprint density at radius 2 is 2.19 bits per heavy atom. The third kappa shape index (κ3) is 3.84. The molecule has 0 spiro atoms. The van der Waals surface area contributed by atoms with E-state index in [2.05, 4.69) is 36.2 Å². The monoisotopic (exact) mass is 452 g/mol. The van der Waals surface area contributed by atoms with Crippen LogP contribution in [0.2, 0.25) is 0 Å². The summed E-state index contributed by atoms with van der Waals surface area (Å²) in [6.07, 6.45) is 8.44. The molecule has 0 bridgehead atoms. The minimum Gasteiger partial charge on any atom is -0.377 e. The number of nitrogens with zero attached hydrogens (tertiary/aromatic N) is 7. The number of hydrogen-bond acceptors (Lipinski definition) is 8. The first-order valence-corrected chi connectivity index (χ1v) is 12.2. The summed E-state index contributed by atoms with van der Waals surface area (Å²) in [6, 6.07) is 5.76. The number of aromatic nitrogens is 6. The molecule has 32 heavy (non-hydrogen) atoms. The SMILES string of the molecule is C[C@@H]1COCCN1c1cc(N=S(C)(=O)c2cnn(C)c2)nc(-c2ccnc3[nH]ccc23)n1. The molecule has 1 saturated heterocycles. The van der Waals surface area contributed by atoms with E-state index in [1.54, 1.807) is 42.6 Å². The second-order valence-corrected chi connectivity index (χ2v) is 10.1. The molecular formula is C21H24N8O2S. The van der Waals surface area contributed by atoms with Gasteiger partial charge in [0.2, 0.25) is 0 Å². The van der Waals surface area contributed by atoms with Gasteiger partial charge in [0.25, 0.3) is 0 Å². The molecule has 0 aliphatic carbocycles. The third-order valence-corrected chi connectivity index (χ3v) is 7.07.